The predicted molar refractivity (Wildman–Crippen MR) is 63.2 cm³/mol. The third-order valence-corrected chi connectivity index (χ3v) is 3.50. The smallest absolute Gasteiger partial charge is 0.191 e. The minimum absolute atomic E-state index is 0.110. The molecule has 0 amide bonds. The van der Waals surface area contributed by atoms with Crippen molar-refractivity contribution in [1.29, 1.82) is 0 Å². The number of aryl methyl sites for hydroxylation is 2. The molecule has 1 unspecified atom stereocenters. The number of tetrazole rings is 1. The highest BCUT2D eigenvalue weighted by Crippen LogP contribution is 2.20. The summed E-state index contributed by atoms with van der Waals surface area (Å²) in [7, 11) is 0. The van der Waals surface area contributed by atoms with Gasteiger partial charge in [-0.25, -0.2) is 0 Å². The molecule has 0 fully saturated rings. The van der Waals surface area contributed by atoms with E-state index in [-0.39, 0.29) is 6.04 Å². The predicted octanol–water partition coefficient (Wildman–Crippen LogP) is 1.73. The molecular formula is C10H15N5S. The summed E-state index contributed by atoms with van der Waals surface area (Å²) in [6.45, 7) is 7.14. The lowest BCUT2D eigenvalue weighted by atomic mass is 10.2. The second kappa shape index (κ2) is 4.71. The van der Waals surface area contributed by atoms with Crippen LogP contribution in [0.2, 0.25) is 0 Å². The normalized spacial score (nSPS) is 12.9. The van der Waals surface area contributed by atoms with E-state index >= 15 is 0 Å². The molecule has 16 heavy (non-hydrogen) atoms. The van der Waals surface area contributed by atoms with Crippen molar-refractivity contribution in [2.24, 2.45) is 0 Å². The molecule has 2 heterocycles. The number of aromatic amines is 1. The standard InChI is InChI=1S/C10H15N5S/c1-6-4-9(8(3)16-6)5-11-7(2)10-12-14-15-13-10/h4,7,11H,5H2,1-3H3,(H,12,13,14,15). The average molecular weight is 237 g/mol. The van der Waals surface area contributed by atoms with E-state index in [0.29, 0.717) is 5.82 Å². The molecule has 0 aliphatic carbocycles. The van der Waals surface area contributed by atoms with Gasteiger partial charge in [0, 0.05) is 16.3 Å². The van der Waals surface area contributed by atoms with Crippen LogP contribution in [-0.2, 0) is 6.54 Å². The van der Waals surface area contributed by atoms with Gasteiger partial charge in [0.2, 0.25) is 0 Å². The molecule has 0 aliphatic heterocycles. The zero-order valence-electron chi connectivity index (χ0n) is 9.61. The van der Waals surface area contributed by atoms with Gasteiger partial charge in [-0.2, -0.15) is 5.21 Å². The van der Waals surface area contributed by atoms with Crippen LogP contribution >= 0.6 is 11.3 Å². The molecule has 2 rings (SSSR count). The fourth-order valence-electron chi connectivity index (χ4n) is 1.57. The second-order valence-corrected chi connectivity index (χ2v) is 5.27. The minimum Gasteiger partial charge on any atom is -0.303 e. The lowest BCUT2D eigenvalue weighted by molar-refractivity contribution is 0.546. The maximum atomic E-state index is 3.95. The zero-order valence-corrected chi connectivity index (χ0v) is 10.4. The monoisotopic (exact) mass is 237 g/mol. The van der Waals surface area contributed by atoms with Crippen LogP contribution in [0.3, 0.4) is 0 Å². The maximum absolute atomic E-state index is 3.95. The van der Waals surface area contributed by atoms with Crippen LogP contribution in [0, 0.1) is 13.8 Å². The van der Waals surface area contributed by atoms with Gasteiger partial charge in [-0.3, -0.25) is 0 Å². The van der Waals surface area contributed by atoms with Crippen molar-refractivity contribution in [3.8, 4) is 0 Å². The van der Waals surface area contributed by atoms with Crippen molar-refractivity contribution in [1.82, 2.24) is 25.9 Å². The fourth-order valence-corrected chi connectivity index (χ4v) is 2.51. The Kier molecular flexibility index (Phi) is 3.31. The highest BCUT2D eigenvalue weighted by atomic mass is 32.1. The molecule has 0 saturated carbocycles. The average Bonchev–Trinajstić information content (AvgIpc) is 2.84. The molecule has 0 aromatic carbocycles. The Bertz CT molecular complexity index is 448. The van der Waals surface area contributed by atoms with Gasteiger partial charge in [0.05, 0.1) is 6.04 Å². The summed E-state index contributed by atoms with van der Waals surface area (Å²) in [4.78, 5) is 2.71. The highest BCUT2D eigenvalue weighted by molar-refractivity contribution is 7.12. The van der Waals surface area contributed by atoms with Gasteiger partial charge in [0.1, 0.15) is 0 Å². The van der Waals surface area contributed by atoms with Crippen molar-refractivity contribution in [2.75, 3.05) is 0 Å². The summed E-state index contributed by atoms with van der Waals surface area (Å²) in [5.41, 5.74) is 1.35. The van der Waals surface area contributed by atoms with Crippen LogP contribution in [0.4, 0.5) is 0 Å². The number of hydrogen-bond donors (Lipinski definition) is 2. The molecular weight excluding hydrogens is 222 g/mol. The number of hydrogen-bond acceptors (Lipinski definition) is 5. The van der Waals surface area contributed by atoms with E-state index in [1.54, 1.807) is 0 Å². The molecule has 1 atom stereocenters. The van der Waals surface area contributed by atoms with Crippen LogP contribution in [0.25, 0.3) is 0 Å². The van der Waals surface area contributed by atoms with Crippen LogP contribution < -0.4 is 5.32 Å². The highest BCUT2D eigenvalue weighted by Gasteiger charge is 2.10. The summed E-state index contributed by atoms with van der Waals surface area (Å²) in [6.07, 6.45) is 0. The molecule has 0 radical (unpaired) electrons. The Labute approximate surface area is 98.3 Å². The van der Waals surface area contributed by atoms with Gasteiger partial charge in [-0.05, 0) is 32.4 Å². The van der Waals surface area contributed by atoms with E-state index in [1.807, 2.05) is 18.3 Å². The van der Waals surface area contributed by atoms with Crippen LogP contribution in [-0.4, -0.2) is 20.6 Å². The van der Waals surface area contributed by atoms with Crippen molar-refractivity contribution in [3.63, 3.8) is 0 Å². The van der Waals surface area contributed by atoms with E-state index in [9.17, 15) is 0 Å². The molecule has 0 aliphatic rings. The first-order valence-corrected chi connectivity index (χ1v) is 6.01. The third kappa shape index (κ3) is 2.45. The van der Waals surface area contributed by atoms with Crippen molar-refractivity contribution >= 4 is 11.3 Å². The van der Waals surface area contributed by atoms with Crippen LogP contribution in [0.1, 0.15) is 34.1 Å². The van der Waals surface area contributed by atoms with E-state index in [2.05, 4.69) is 45.9 Å². The fraction of sp³-hybridized carbons (Fsp3) is 0.500. The molecule has 2 N–H and O–H groups in total. The van der Waals surface area contributed by atoms with Gasteiger partial charge in [0.15, 0.2) is 5.82 Å². The molecule has 5 nitrogen and oxygen atoms in total. The van der Waals surface area contributed by atoms with E-state index in [0.717, 1.165) is 6.54 Å². The molecule has 0 spiro atoms. The number of aromatic nitrogens is 4. The van der Waals surface area contributed by atoms with Crippen LogP contribution in [0.5, 0.6) is 0 Å². The van der Waals surface area contributed by atoms with E-state index in [4.69, 9.17) is 0 Å². The van der Waals surface area contributed by atoms with E-state index < -0.39 is 0 Å². The third-order valence-electron chi connectivity index (χ3n) is 2.49. The van der Waals surface area contributed by atoms with Gasteiger partial charge in [-0.1, -0.05) is 5.21 Å². The number of rotatable bonds is 4. The Balaban J connectivity index is 1.95. The molecule has 2 aromatic heterocycles. The Morgan fingerprint density at radius 2 is 2.31 bits per heavy atom. The summed E-state index contributed by atoms with van der Waals surface area (Å²) in [6, 6.07) is 2.33. The molecule has 86 valence electrons. The largest absolute Gasteiger partial charge is 0.303 e. The van der Waals surface area contributed by atoms with Gasteiger partial charge in [0.25, 0.3) is 0 Å². The van der Waals surface area contributed by atoms with Gasteiger partial charge >= 0.3 is 0 Å². The summed E-state index contributed by atoms with van der Waals surface area (Å²) in [5, 5.41) is 17.3. The first kappa shape index (κ1) is 11.2. The van der Waals surface area contributed by atoms with Gasteiger partial charge < -0.3 is 5.32 Å². The number of nitrogens with one attached hydrogen (secondary N) is 2. The van der Waals surface area contributed by atoms with Crippen molar-refractivity contribution < 1.29 is 0 Å². The SMILES string of the molecule is Cc1cc(CNC(C)c2nn[nH]n2)c(C)s1. The Morgan fingerprint density at radius 3 is 2.88 bits per heavy atom. The second-order valence-electron chi connectivity index (χ2n) is 3.81. The Hall–Kier alpha value is -1.27. The summed E-state index contributed by atoms with van der Waals surface area (Å²) >= 11 is 1.83. The first-order valence-electron chi connectivity index (χ1n) is 5.19. The summed E-state index contributed by atoms with van der Waals surface area (Å²) < 4.78 is 0. The first-order chi connectivity index (χ1) is 7.66. The lowest BCUT2D eigenvalue weighted by Gasteiger charge is -2.09. The molecule has 6 heteroatoms. The molecule has 2 aromatic rings. The number of thiophene rings is 1. The summed E-state index contributed by atoms with van der Waals surface area (Å²) in [5.74, 6) is 0.699. The molecule has 0 bridgehead atoms. The minimum atomic E-state index is 0.110. The van der Waals surface area contributed by atoms with Crippen LogP contribution in [0.15, 0.2) is 6.07 Å². The zero-order chi connectivity index (χ0) is 11.5. The number of H-pyrrole nitrogens is 1. The molecule has 0 saturated heterocycles. The maximum Gasteiger partial charge on any atom is 0.191 e. The van der Waals surface area contributed by atoms with Crippen molar-refractivity contribution in [3.05, 3.63) is 27.2 Å². The topological polar surface area (TPSA) is 66.5 Å². The number of nitrogens with zero attached hydrogens (tertiary/aromatic N) is 3. The lowest BCUT2D eigenvalue weighted by Crippen LogP contribution is -2.19. The quantitative estimate of drug-likeness (QED) is 0.850. The van der Waals surface area contributed by atoms with Crippen molar-refractivity contribution in [2.45, 2.75) is 33.4 Å². The Morgan fingerprint density at radius 1 is 1.50 bits per heavy atom. The van der Waals surface area contributed by atoms with Gasteiger partial charge in [-0.15, -0.1) is 21.5 Å². The van der Waals surface area contributed by atoms with E-state index in [1.165, 1.54) is 15.3 Å².